The highest BCUT2D eigenvalue weighted by Gasteiger charge is 2.24. The van der Waals surface area contributed by atoms with Crippen LogP contribution >= 0.6 is 34.9 Å². The van der Waals surface area contributed by atoms with Gasteiger partial charge in [0.2, 0.25) is 0 Å². The molecule has 27 heavy (non-hydrogen) atoms. The van der Waals surface area contributed by atoms with E-state index in [1.165, 1.54) is 28.4 Å². The van der Waals surface area contributed by atoms with Gasteiger partial charge in [0.25, 0.3) is 5.91 Å². The van der Waals surface area contributed by atoms with E-state index in [1.54, 1.807) is 11.3 Å². The molecule has 1 unspecified atom stereocenters. The average molecular weight is 420 g/mol. The summed E-state index contributed by atoms with van der Waals surface area (Å²) in [6.45, 7) is 2.15. The predicted octanol–water partition coefficient (Wildman–Crippen LogP) is 5.44. The topological polar surface area (TPSA) is 29.5 Å². The smallest absolute Gasteiger partial charge is 0.254 e. The van der Waals surface area contributed by atoms with E-state index in [2.05, 4.69) is 23.6 Å². The molecule has 2 aliphatic heterocycles. The number of benzene rings is 1. The van der Waals surface area contributed by atoms with Crippen LogP contribution in [0, 0.1) is 0 Å². The summed E-state index contributed by atoms with van der Waals surface area (Å²) >= 11 is 5.73. The zero-order chi connectivity index (χ0) is 18.5. The average Bonchev–Trinajstić information content (AvgIpc) is 3.42. The zero-order valence-electron chi connectivity index (χ0n) is 15.3. The molecular weight excluding hydrogens is 394 g/mol. The molecule has 0 aliphatic carbocycles. The first-order chi connectivity index (χ1) is 13.3. The highest BCUT2D eigenvalue weighted by atomic mass is 32.2. The Labute approximate surface area is 173 Å². The van der Waals surface area contributed by atoms with Gasteiger partial charge in [0.15, 0.2) is 0 Å². The number of carbonyl (C=O) groups is 1. The van der Waals surface area contributed by atoms with Crippen LogP contribution in [0.2, 0.25) is 0 Å². The van der Waals surface area contributed by atoms with Crippen LogP contribution in [0.1, 0.15) is 44.6 Å². The summed E-state index contributed by atoms with van der Waals surface area (Å²) in [5.41, 5.74) is 2.10. The highest BCUT2D eigenvalue weighted by molar-refractivity contribution is 8.16. The lowest BCUT2D eigenvalue weighted by molar-refractivity contribution is 0.0509. The third kappa shape index (κ3) is 5.11. The minimum atomic E-state index is 0.106. The van der Waals surface area contributed by atoms with Crippen LogP contribution in [-0.4, -0.2) is 41.6 Å². The van der Waals surface area contributed by atoms with E-state index in [1.807, 2.05) is 46.6 Å². The van der Waals surface area contributed by atoms with E-state index in [0.29, 0.717) is 17.7 Å². The minimum Gasteiger partial charge on any atom is -0.376 e. The lowest BCUT2D eigenvalue weighted by Gasteiger charge is -2.26. The third-order valence-corrected chi connectivity index (χ3v) is 8.80. The number of thioether (sulfide) groups is 2. The molecule has 2 aliphatic rings. The van der Waals surface area contributed by atoms with E-state index < -0.39 is 0 Å². The van der Waals surface area contributed by atoms with Gasteiger partial charge >= 0.3 is 0 Å². The van der Waals surface area contributed by atoms with Crippen molar-refractivity contribution < 1.29 is 9.53 Å². The van der Waals surface area contributed by atoms with Gasteiger partial charge in [0.1, 0.15) is 0 Å². The summed E-state index contributed by atoms with van der Waals surface area (Å²) in [6.07, 6.45) is 3.60. The number of nitrogens with zero attached hydrogens (tertiary/aromatic N) is 1. The summed E-state index contributed by atoms with van der Waals surface area (Å²) in [7, 11) is 0. The summed E-state index contributed by atoms with van der Waals surface area (Å²) in [6, 6.07) is 12.4. The van der Waals surface area contributed by atoms with E-state index in [4.69, 9.17) is 4.74 Å². The van der Waals surface area contributed by atoms with Gasteiger partial charge in [0.05, 0.1) is 17.2 Å². The van der Waals surface area contributed by atoms with Crippen LogP contribution in [0.4, 0.5) is 0 Å². The monoisotopic (exact) mass is 419 g/mol. The summed E-state index contributed by atoms with van der Waals surface area (Å²) in [5, 5.41) is 2.07. The minimum absolute atomic E-state index is 0.106. The van der Waals surface area contributed by atoms with Gasteiger partial charge in [-0.3, -0.25) is 4.79 Å². The van der Waals surface area contributed by atoms with E-state index >= 15 is 0 Å². The van der Waals surface area contributed by atoms with Crippen LogP contribution in [0.25, 0.3) is 0 Å². The van der Waals surface area contributed by atoms with Crippen molar-refractivity contribution >= 4 is 40.8 Å². The van der Waals surface area contributed by atoms with Crippen molar-refractivity contribution in [2.75, 3.05) is 24.7 Å². The Hall–Kier alpha value is -0.950. The largest absolute Gasteiger partial charge is 0.376 e. The van der Waals surface area contributed by atoms with Gasteiger partial charge < -0.3 is 9.64 Å². The Bertz CT molecular complexity index is 720. The van der Waals surface area contributed by atoms with Crippen molar-refractivity contribution in [3.63, 3.8) is 0 Å². The number of amides is 1. The second kappa shape index (κ2) is 9.50. The molecule has 1 aromatic carbocycles. The van der Waals surface area contributed by atoms with Gasteiger partial charge in [0, 0.05) is 23.6 Å². The first-order valence-electron chi connectivity index (χ1n) is 9.56. The molecule has 1 amide bonds. The van der Waals surface area contributed by atoms with Crippen LogP contribution in [0.15, 0.2) is 41.8 Å². The fraction of sp³-hybridized carbons (Fsp3) is 0.476. The Kier molecular flexibility index (Phi) is 6.82. The second-order valence-electron chi connectivity index (χ2n) is 6.95. The molecule has 3 heterocycles. The SMILES string of the molecule is O=C(c1ccc(C2SCCCS2)cc1)N(Cc1cccs1)CC1CCCO1. The molecule has 0 bridgehead atoms. The Morgan fingerprint density at radius 1 is 1.11 bits per heavy atom. The molecule has 2 fully saturated rings. The fourth-order valence-electron chi connectivity index (χ4n) is 3.49. The molecule has 144 valence electrons. The highest BCUT2D eigenvalue weighted by Crippen LogP contribution is 2.43. The Morgan fingerprint density at radius 2 is 1.93 bits per heavy atom. The quantitative estimate of drug-likeness (QED) is 0.624. The number of hydrogen-bond donors (Lipinski definition) is 0. The molecule has 0 saturated carbocycles. The van der Waals surface area contributed by atoms with Crippen molar-refractivity contribution in [2.24, 2.45) is 0 Å². The van der Waals surface area contributed by atoms with Crippen LogP contribution in [0.3, 0.4) is 0 Å². The van der Waals surface area contributed by atoms with E-state index in [9.17, 15) is 4.79 Å². The van der Waals surface area contributed by atoms with Crippen molar-refractivity contribution in [2.45, 2.75) is 36.5 Å². The van der Waals surface area contributed by atoms with Gasteiger partial charge in [-0.05, 0) is 59.9 Å². The van der Waals surface area contributed by atoms with Crippen LogP contribution in [-0.2, 0) is 11.3 Å². The zero-order valence-corrected chi connectivity index (χ0v) is 17.8. The molecule has 2 aromatic rings. The third-order valence-electron chi connectivity index (χ3n) is 4.92. The van der Waals surface area contributed by atoms with Gasteiger partial charge in [-0.15, -0.1) is 34.9 Å². The molecular formula is C21H25NO2S3. The van der Waals surface area contributed by atoms with Gasteiger partial charge in [-0.25, -0.2) is 0 Å². The van der Waals surface area contributed by atoms with E-state index in [-0.39, 0.29) is 12.0 Å². The number of rotatable bonds is 6. The normalized spacial score (nSPS) is 20.7. The lowest BCUT2D eigenvalue weighted by Crippen LogP contribution is -2.36. The maximum absolute atomic E-state index is 13.2. The summed E-state index contributed by atoms with van der Waals surface area (Å²) in [4.78, 5) is 16.4. The Morgan fingerprint density at radius 3 is 2.59 bits per heavy atom. The maximum atomic E-state index is 13.2. The summed E-state index contributed by atoms with van der Waals surface area (Å²) in [5.74, 6) is 2.57. The first-order valence-corrected chi connectivity index (χ1v) is 12.5. The van der Waals surface area contributed by atoms with Crippen molar-refractivity contribution in [1.29, 1.82) is 0 Å². The molecule has 0 spiro atoms. The summed E-state index contributed by atoms with van der Waals surface area (Å²) < 4.78 is 6.30. The standard InChI is InChI=1S/C21H25NO2S3/c23-20(16-6-8-17(9-7-16)21-26-12-3-13-27-21)22(14-18-4-1-10-24-18)15-19-5-2-11-25-19/h2,5-9,11,18,21H,1,3-4,10,12-15H2. The first kappa shape index (κ1) is 19.4. The fourth-order valence-corrected chi connectivity index (χ4v) is 7.10. The van der Waals surface area contributed by atoms with Gasteiger partial charge in [-0.2, -0.15) is 0 Å². The molecule has 1 atom stereocenters. The van der Waals surface area contributed by atoms with Crippen molar-refractivity contribution in [3.8, 4) is 0 Å². The molecule has 3 nitrogen and oxygen atoms in total. The van der Waals surface area contributed by atoms with Crippen molar-refractivity contribution in [1.82, 2.24) is 4.90 Å². The number of thiophene rings is 1. The van der Waals surface area contributed by atoms with Crippen LogP contribution < -0.4 is 0 Å². The maximum Gasteiger partial charge on any atom is 0.254 e. The van der Waals surface area contributed by atoms with Gasteiger partial charge in [-0.1, -0.05) is 18.2 Å². The number of carbonyl (C=O) groups excluding carboxylic acids is 1. The predicted molar refractivity (Wildman–Crippen MR) is 117 cm³/mol. The lowest BCUT2D eigenvalue weighted by atomic mass is 10.1. The molecule has 2 saturated heterocycles. The molecule has 6 heteroatoms. The number of hydrogen-bond acceptors (Lipinski definition) is 5. The van der Waals surface area contributed by atoms with Crippen LogP contribution in [0.5, 0.6) is 0 Å². The second-order valence-corrected chi connectivity index (χ2v) is 10.7. The molecule has 0 N–H and O–H groups in total. The number of ether oxygens (including phenoxy) is 1. The Balaban J connectivity index is 1.47. The van der Waals surface area contributed by atoms with E-state index in [0.717, 1.165) is 25.0 Å². The van der Waals surface area contributed by atoms with Crippen molar-refractivity contribution in [3.05, 3.63) is 57.8 Å². The molecule has 0 radical (unpaired) electrons. The molecule has 1 aromatic heterocycles. The molecule has 4 rings (SSSR count).